The van der Waals surface area contributed by atoms with E-state index in [9.17, 15) is 22.1 Å². The highest BCUT2D eigenvalue weighted by Gasteiger charge is 2.36. The maximum absolute atomic E-state index is 14.0. The van der Waals surface area contributed by atoms with Crippen molar-refractivity contribution in [3.05, 3.63) is 35.1 Å². The molecule has 1 aromatic carbocycles. The van der Waals surface area contributed by atoms with Crippen LogP contribution < -0.4 is 4.72 Å². The molecule has 0 bridgehead atoms. The topological polar surface area (TPSA) is 35.1 Å². The molecule has 114 valence electrons. The van der Waals surface area contributed by atoms with Crippen LogP contribution in [0.2, 0.25) is 0 Å². The summed E-state index contributed by atoms with van der Waals surface area (Å²) >= 11 is -1.73. The zero-order chi connectivity index (χ0) is 16.6. The summed E-state index contributed by atoms with van der Waals surface area (Å²) in [6.07, 6.45) is -4.85. The molecule has 0 spiro atoms. The van der Waals surface area contributed by atoms with E-state index in [-0.39, 0.29) is 0 Å². The van der Waals surface area contributed by atoms with Crippen LogP contribution in [0.5, 0.6) is 0 Å². The van der Waals surface area contributed by atoms with Crippen molar-refractivity contribution in [1.82, 2.24) is 4.72 Å². The molecule has 0 saturated heterocycles. The van der Waals surface area contributed by atoms with Gasteiger partial charge in [0.1, 0.15) is 10.6 Å². The quantitative estimate of drug-likeness (QED) is 0.677. The summed E-state index contributed by atoms with van der Waals surface area (Å²) in [5, 5.41) is 0. The third kappa shape index (κ3) is 4.10. The average molecular weight is 312 g/mol. The number of halogens is 4. The van der Waals surface area contributed by atoms with E-state index < -0.39 is 45.2 Å². The highest BCUT2D eigenvalue weighted by atomic mass is 32.2. The molecule has 0 amide bonds. The highest BCUT2D eigenvalue weighted by Crippen LogP contribution is 2.34. The van der Waals surface area contributed by atoms with Gasteiger partial charge in [0, 0.05) is 16.9 Å². The standard InChI is InChI=1S/C13H17F4NOS/c1-8(18-20(19)12(2,3)4)9-6-5-7-10(11(9)14)13(15,16)17/h5-8,18H,1-4H3/t8-,20-/m1/s1/i8D. The van der Waals surface area contributed by atoms with Crippen LogP contribution in [-0.4, -0.2) is 9.30 Å². The van der Waals surface area contributed by atoms with Crippen molar-refractivity contribution < 1.29 is 23.5 Å². The minimum atomic E-state index is -4.85. The van der Waals surface area contributed by atoms with E-state index in [2.05, 4.69) is 4.72 Å². The zero-order valence-electron chi connectivity index (χ0n) is 12.6. The van der Waals surface area contributed by atoms with Crippen LogP contribution in [0.4, 0.5) is 17.6 Å². The van der Waals surface area contributed by atoms with Gasteiger partial charge in [0.2, 0.25) is 0 Å². The number of alkyl halides is 3. The Morgan fingerprint density at radius 3 is 2.30 bits per heavy atom. The first-order valence-electron chi connectivity index (χ1n) is 6.32. The van der Waals surface area contributed by atoms with E-state index in [1.54, 1.807) is 20.8 Å². The highest BCUT2D eigenvalue weighted by molar-refractivity contribution is 7.90. The normalized spacial score (nSPS) is 18.4. The Bertz CT molecular complexity index is 514. The fourth-order valence-electron chi connectivity index (χ4n) is 1.39. The lowest BCUT2D eigenvalue weighted by molar-refractivity contribution is -0.140. The lowest BCUT2D eigenvalue weighted by Crippen LogP contribution is -2.40. The van der Waals surface area contributed by atoms with Gasteiger partial charge in [-0.05, 0) is 33.8 Å². The van der Waals surface area contributed by atoms with Crippen molar-refractivity contribution in [1.29, 1.82) is 0 Å². The molecule has 1 rings (SSSR count). The predicted octanol–water partition coefficient (Wildman–Crippen LogP) is 3.96. The van der Waals surface area contributed by atoms with Crippen LogP contribution >= 0.6 is 0 Å². The second-order valence-electron chi connectivity index (χ2n) is 5.27. The average Bonchev–Trinajstić information content (AvgIpc) is 2.25. The first-order valence-corrected chi connectivity index (χ1v) is 6.97. The van der Waals surface area contributed by atoms with E-state index in [1.165, 1.54) is 0 Å². The van der Waals surface area contributed by atoms with Gasteiger partial charge in [0.25, 0.3) is 0 Å². The molecule has 0 aliphatic carbocycles. The predicted molar refractivity (Wildman–Crippen MR) is 70.8 cm³/mol. The van der Waals surface area contributed by atoms with Gasteiger partial charge >= 0.3 is 6.18 Å². The molecule has 0 aliphatic heterocycles. The summed E-state index contributed by atoms with van der Waals surface area (Å²) in [4.78, 5) is 0. The Morgan fingerprint density at radius 1 is 1.30 bits per heavy atom. The van der Waals surface area contributed by atoms with Gasteiger partial charge in [0.05, 0.1) is 13.0 Å². The van der Waals surface area contributed by atoms with Crippen LogP contribution in [0.1, 0.15) is 46.2 Å². The van der Waals surface area contributed by atoms with Gasteiger partial charge < -0.3 is 4.55 Å². The molecule has 0 unspecified atom stereocenters. The molecule has 1 N–H and O–H groups in total. The number of hydrogen-bond acceptors (Lipinski definition) is 2. The summed E-state index contributed by atoms with van der Waals surface area (Å²) in [7, 11) is 0. The Hall–Kier alpha value is -0.790. The number of rotatable bonds is 3. The Balaban J connectivity index is 3.21. The largest absolute Gasteiger partial charge is 0.598 e. The third-order valence-corrected chi connectivity index (χ3v) is 4.11. The van der Waals surface area contributed by atoms with Gasteiger partial charge in [-0.15, -0.1) is 4.72 Å². The summed E-state index contributed by atoms with van der Waals surface area (Å²) in [6.45, 7) is 6.06. The van der Waals surface area contributed by atoms with Gasteiger partial charge in [0.15, 0.2) is 0 Å². The minimum Gasteiger partial charge on any atom is -0.598 e. The van der Waals surface area contributed by atoms with E-state index in [1.807, 2.05) is 0 Å². The molecule has 7 heteroatoms. The molecule has 0 aliphatic rings. The zero-order valence-corrected chi connectivity index (χ0v) is 12.4. The molecule has 2 nitrogen and oxygen atoms in total. The lowest BCUT2D eigenvalue weighted by Gasteiger charge is -2.27. The Morgan fingerprint density at radius 2 is 1.85 bits per heavy atom. The molecule has 0 aromatic heterocycles. The van der Waals surface area contributed by atoms with Crippen molar-refractivity contribution in [2.75, 3.05) is 0 Å². The number of benzene rings is 1. The van der Waals surface area contributed by atoms with Gasteiger partial charge in [-0.1, -0.05) is 12.1 Å². The van der Waals surface area contributed by atoms with Crippen molar-refractivity contribution in [2.24, 2.45) is 0 Å². The van der Waals surface area contributed by atoms with E-state index in [0.29, 0.717) is 6.07 Å². The maximum atomic E-state index is 14.0. The van der Waals surface area contributed by atoms with Gasteiger partial charge in [-0.2, -0.15) is 13.2 Å². The summed E-state index contributed by atoms with van der Waals surface area (Å²) in [6, 6.07) is 0.749. The van der Waals surface area contributed by atoms with Crippen molar-refractivity contribution in [3.63, 3.8) is 0 Å². The van der Waals surface area contributed by atoms with Crippen molar-refractivity contribution in [2.45, 2.75) is 44.6 Å². The van der Waals surface area contributed by atoms with Crippen molar-refractivity contribution in [3.8, 4) is 0 Å². The molecular formula is C13H17F4NOS. The molecule has 0 fully saturated rings. The second kappa shape index (κ2) is 5.91. The van der Waals surface area contributed by atoms with Crippen molar-refractivity contribution >= 4 is 11.4 Å². The smallest absolute Gasteiger partial charge is 0.419 e. The van der Waals surface area contributed by atoms with Gasteiger partial charge in [-0.25, -0.2) is 4.39 Å². The van der Waals surface area contributed by atoms with E-state index in [4.69, 9.17) is 1.37 Å². The summed E-state index contributed by atoms with van der Waals surface area (Å²) in [5.41, 5.74) is -1.95. The SMILES string of the molecule is [2H][C@](C)(N[S@+]([O-])C(C)(C)C)c1cccc(C(F)(F)F)c1F. The Kier molecular flexibility index (Phi) is 4.61. The molecule has 0 heterocycles. The first-order chi connectivity index (χ1) is 9.27. The molecule has 1 aromatic rings. The number of nitrogens with one attached hydrogen (secondary N) is 1. The first kappa shape index (κ1) is 15.6. The van der Waals surface area contributed by atoms with Crippen LogP contribution in [0, 0.1) is 5.82 Å². The summed E-state index contributed by atoms with van der Waals surface area (Å²) in [5.74, 6) is -1.53. The fourth-order valence-corrected chi connectivity index (χ4v) is 2.08. The molecule has 0 saturated carbocycles. The maximum Gasteiger partial charge on any atom is 0.419 e. The monoisotopic (exact) mass is 312 g/mol. The minimum absolute atomic E-state index is 0.505. The van der Waals surface area contributed by atoms with Crippen LogP contribution in [0.25, 0.3) is 0 Å². The van der Waals surface area contributed by atoms with Gasteiger partial charge in [-0.3, -0.25) is 0 Å². The number of hydrogen-bond donors (Lipinski definition) is 1. The summed E-state index contributed by atoms with van der Waals surface area (Å²) < 4.78 is 73.7. The van der Waals surface area contributed by atoms with E-state index >= 15 is 0 Å². The Labute approximate surface area is 120 Å². The fraction of sp³-hybridized carbons (Fsp3) is 0.538. The molecular weight excluding hydrogens is 294 g/mol. The van der Waals surface area contributed by atoms with Crippen LogP contribution in [-0.2, 0) is 17.5 Å². The molecule has 0 radical (unpaired) electrons. The van der Waals surface area contributed by atoms with Crippen LogP contribution in [0.15, 0.2) is 18.2 Å². The van der Waals surface area contributed by atoms with Crippen LogP contribution in [0.3, 0.4) is 0 Å². The molecule has 20 heavy (non-hydrogen) atoms. The lowest BCUT2D eigenvalue weighted by atomic mass is 10.0. The third-order valence-electron chi connectivity index (χ3n) is 2.51. The molecule has 2 atom stereocenters. The van der Waals surface area contributed by atoms with E-state index in [0.717, 1.165) is 19.1 Å². The second-order valence-corrected chi connectivity index (χ2v) is 7.24.